The molecule has 444 valence electrons. The Hall–Kier alpha value is -5.60. The molecular weight excluding hydrogens is 1170 g/mol. The highest BCUT2D eigenvalue weighted by molar-refractivity contribution is 7.66. The number of hydrogen-bond donors (Lipinski definition) is 11. The highest BCUT2D eigenvalue weighted by Crippen LogP contribution is 2.68. The molecule has 3 aliphatic rings. The fraction of sp³-hybridized carbons (Fsp3) is 0.579. The van der Waals surface area contributed by atoms with Crippen LogP contribution in [0.1, 0.15) is 39.0 Å². The fourth-order valence-corrected chi connectivity index (χ4v) is 15.0. The van der Waals surface area contributed by atoms with E-state index in [0.717, 1.165) is 35.2 Å². The van der Waals surface area contributed by atoms with Crippen LogP contribution in [0.15, 0.2) is 34.9 Å². The molecule has 16 atom stereocenters. The van der Waals surface area contributed by atoms with Gasteiger partial charge in [-0.25, -0.2) is 38.2 Å². The number of rotatable bonds is 22. The second-order valence-electron chi connectivity index (χ2n) is 18.4. The molecule has 43 heteroatoms. The van der Waals surface area contributed by atoms with E-state index in [2.05, 4.69) is 48.5 Å². The minimum absolute atomic E-state index is 0.00681. The molecule has 0 radical (unpaired) electrons. The molecule has 0 aromatic carbocycles. The number of H-pyrrole nitrogens is 2. The van der Waals surface area contributed by atoms with Crippen LogP contribution in [0.4, 0.5) is 17.7 Å². The van der Waals surface area contributed by atoms with Crippen molar-refractivity contribution in [1.29, 1.82) is 0 Å². The molecule has 6 aromatic heterocycles. The van der Waals surface area contributed by atoms with Gasteiger partial charge in [0.05, 0.1) is 57.4 Å². The van der Waals surface area contributed by atoms with Crippen LogP contribution in [-0.2, 0) is 71.2 Å². The van der Waals surface area contributed by atoms with Crippen molar-refractivity contribution in [2.24, 2.45) is 13.0 Å². The summed E-state index contributed by atoms with van der Waals surface area (Å²) in [6.07, 6.45) is -12.6. The molecule has 9 rings (SSSR count). The van der Waals surface area contributed by atoms with Crippen LogP contribution in [0.5, 0.6) is 0 Å². The number of nitrogens with two attached hydrogens (primary N) is 3. The normalized spacial score (nSPS) is 29.0. The van der Waals surface area contributed by atoms with Gasteiger partial charge in [0.2, 0.25) is 23.6 Å². The zero-order valence-corrected chi connectivity index (χ0v) is 46.1. The Balaban J connectivity index is 0.900. The number of imidazole rings is 3. The van der Waals surface area contributed by atoms with Gasteiger partial charge in [0.15, 0.2) is 41.4 Å². The van der Waals surface area contributed by atoms with Crippen LogP contribution in [0.3, 0.4) is 0 Å². The Morgan fingerprint density at radius 3 is 2.01 bits per heavy atom. The second kappa shape index (κ2) is 22.9. The number of aryl methyl sites for hydroxylation is 1. The number of fused-ring (bicyclic) bond motifs is 3. The lowest BCUT2D eigenvalue weighted by atomic mass is 9.93. The van der Waals surface area contributed by atoms with Crippen molar-refractivity contribution in [3.63, 3.8) is 0 Å². The van der Waals surface area contributed by atoms with Gasteiger partial charge in [0.25, 0.3) is 17.1 Å². The molecular formula is C38H54N16O23P4. The third-order valence-electron chi connectivity index (χ3n) is 13.4. The maximum absolute atomic E-state index is 14.4. The predicted molar refractivity (Wildman–Crippen MR) is 266 cm³/mol. The summed E-state index contributed by atoms with van der Waals surface area (Å²) >= 11 is 0. The Morgan fingerprint density at radius 2 is 1.36 bits per heavy atom. The number of carbonyl (C=O) groups is 1. The van der Waals surface area contributed by atoms with E-state index in [-0.39, 0.29) is 64.3 Å². The number of nitrogen functional groups attached to an aromatic ring is 3. The number of aliphatic hydroxyl groups excluding tert-OH is 3. The summed E-state index contributed by atoms with van der Waals surface area (Å²) < 4.78 is 106. The molecule has 3 saturated heterocycles. The molecule has 6 unspecified atom stereocenters. The van der Waals surface area contributed by atoms with Crippen molar-refractivity contribution in [1.82, 2.24) is 58.5 Å². The first kappa shape index (κ1) is 60.0. The molecule has 39 nitrogen and oxygen atoms in total. The molecule has 0 aliphatic carbocycles. The number of aromatic amines is 2. The Kier molecular flexibility index (Phi) is 16.9. The summed E-state index contributed by atoms with van der Waals surface area (Å²) in [4.78, 5) is 115. The quantitative estimate of drug-likeness (QED) is 0.0230. The number of ether oxygens (including phenoxy) is 4. The lowest BCUT2D eigenvalue weighted by Gasteiger charge is -2.35. The summed E-state index contributed by atoms with van der Waals surface area (Å²) in [7, 11) is -21.3. The highest BCUT2D eigenvalue weighted by atomic mass is 31.3. The van der Waals surface area contributed by atoms with Crippen LogP contribution in [-0.4, -0.2) is 183 Å². The van der Waals surface area contributed by atoms with Crippen LogP contribution in [0, 0.1) is 5.92 Å². The van der Waals surface area contributed by atoms with Gasteiger partial charge in [-0.15, -0.1) is 0 Å². The lowest BCUT2D eigenvalue weighted by molar-refractivity contribution is -0.745. The van der Waals surface area contributed by atoms with E-state index in [1.54, 1.807) is 13.8 Å². The minimum atomic E-state index is -6.27. The minimum Gasteiger partial charge on any atom is -0.778 e. The van der Waals surface area contributed by atoms with Crippen LogP contribution in [0.25, 0.3) is 33.5 Å². The molecule has 0 saturated carbocycles. The van der Waals surface area contributed by atoms with E-state index in [1.165, 1.54) is 27.4 Å². The number of amides is 1. The summed E-state index contributed by atoms with van der Waals surface area (Å²) in [6, 6.07) is 0. The van der Waals surface area contributed by atoms with E-state index in [9.17, 15) is 67.5 Å². The third-order valence-corrected chi connectivity index (χ3v) is 19.5. The van der Waals surface area contributed by atoms with Crippen LogP contribution in [0.2, 0.25) is 0 Å². The Labute approximate surface area is 452 Å². The number of phosphoric ester groups is 2. The summed E-state index contributed by atoms with van der Waals surface area (Å²) in [6.45, 7) is 0.452. The van der Waals surface area contributed by atoms with Gasteiger partial charge in [-0.2, -0.15) is 13.6 Å². The maximum Gasteiger partial charge on any atom is 0.490 e. The van der Waals surface area contributed by atoms with Gasteiger partial charge in [-0.05, 0) is 13.8 Å². The average molecular weight is 1230 g/mol. The van der Waals surface area contributed by atoms with Crippen LogP contribution >= 0.6 is 31.1 Å². The SMILES string of the molecule is CCN(CC)C(=O)C[C@@H]1[C@@H](COP(=O)(O)OP(=O)(O)OP(=O)(O)OCC2O[C@@H](n3cnc4c(N)ncnc43)[C@H](OC)[C@@H]2P(=O)([O-])OC[C@H]2O[C@@H](n3cnc4c(=O)[nH]c(N)nc43)[C@H](O)[C@@H]2O)OC([n+]2cn(C)c3c(=O)[nH]c(N)nc32)[C@@H]1O. The average Bonchev–Trinajstić information content (AvgIpc) is 4.41. The zero-order valence-electron chi connectivity index (χ0n) is 42.5. The molecule has 9 heterocycles. The Bertz CT molecular complexity index is 3670. The van der Waals surface area contributed by atoms with Crippen molar-refractivity contribution >= 4 is 88.2 Å². The van der Waals surface area contributed by atoms with E-state index in [4.69, 9.17) is 49.7 Å². The van der Waals surface area contributed by atoms with Crippen molar-refractivity contribution in [3.05, 3.63) is 46.0 Å². The van der Waals surface area contributed by atoms with E-state index >= 15 is 0 Å². The topological polar surface area (TPSA) is 556 Å². The van der Waals surface area contributed by atoms with Crippen molar-refractivity contribution in [3.8, 4) is 0 Å². The van der Waals surface area contributed by atoms with Gasteiger partial charge < -0.3 is 85.0 Å². The number of carbonyl (C=O) groups excluding carboxylic acids is 1. The first-order chi connectivity index (χ1) is 38.1. The molecule has 81 heavy (non-hydrogen) atoms. The molecule has 1 amide bonds. The molecule has 14 N–H and O–H groups in total. The number of aliphatic hydroxyl groups is 3. The first-order valence-electron chi connectivity index (χ1n) is 24.0. The molecule has 3 aliphatic heterocycles. The number of nitrogens with one attached hydrogen (secondary N) is 2. The maximum atomic E-state index is 14.4. The van der Waals surface area contributed by atoms with Crippen molar-refractivity contribution < 1.29 is 104 Å². The Morgan fingerprint density at radius 1 is 0.765 bits per heavy atom. The van der Waals surface area contributed by atoms with Gasteiger partial charge in [0.1, 0.15) is 50.0 Å². The van der Waals surface area contributed by atoms with E-state index in [0.29, 0.717) is 0 Å². The van der Waals surface area contributed by atoms with E-state index in [1.807, 2.05) is 0 Å². The van der Waals surface area contributed by atoms with Gasteiger partial charge in [-0.1, -0.05) is 4.98 Å². The molecule has 3 fully saturated rings. The number of phosphoric acid groups is 3. The number of anilines is 3. The fourth-order valence-electron chi connectivity index (χ4n) is 9.72. The predicted octanol–water partition coefficient (Wildman–Crippen LogP) is -3.76. The lowest BCUT2D eigenvalue weighted by Crippen LogP contribution is -2.45. The van der Waals surface area contributed by atoms with E-state index < -0.39 is 147 Å². The van der Waals surface area contributed by atoms with Crippen molar-refractivity contribution in [2.45, 2.75) is 87.3 Å². The number of aromatic nitrogens is 12. The number of nitrogens with zero attached hydrogens (tertiary/aromatic N) is 11. The smallest absolute Gasteiger partial charge is 0.490 e. The molecule has 0 spiro atoms. The highest BCUT2D eigenvalue weighted by Gasteiger charge is 2.55. The number of methoxy groups -OCH3 is 1. The third kappa shape index (κ3) is 12.0. The summed E-state index contributed by atoms with van der Waals surface area (Å²) in [5, 5.41) is 33.6. The molecule has 0 bridgehead atoms. The van der Waals surface area contributed by atoms with Gasteiger partial charge in [-0.3, -0.25) is 47.1 Å². The van der Waals surface area contributed by atoms with Crippen molar-refractivity contribution in [2.75, 3.05) is 57.2 Å². The van der Waals surface area contributed by atoms with Crippen LogP contribution < -0.4 is 37.8 Å². The summed E-state index contributed by atoms with van der Waals surface area (Å²) in [5.41, 5.74) is 13.5. The first-order valence-corrected chi connectivity index (χ1v) is 30.1. The van der Waals surface area contributed by atoms with Gasteiger partial charge in [0, 0.05) is 32.5 Å². The zero-order chi connectivity index (χ0) is 58.8. The monoisotopic (exact) mass is 1230 g/mol. The van der Waals surface area contributed by atoms with Gasteiger partial charge >= 0.3 is 29.1 Å². The molecule has 6 aromatic rings. The summed E-state index contributed by atoms with van der Waals surface area (Å²) in [5.74, 6) is -2.47. The standard InChI is InChI=1S/C38H54N16O23P4/c1-5-51(6-2)19(55)7-15-16(73-34(23(15)56)54-14-50(3)22-31(54)47-38(41)49-33(22)60)8-71-79(63,64)76-81(67,68)77-80(65,66)72-10-18-27(26(69-4)36(75-18)52-12-44-20-28(39)42-11-43-29(20)52)78(61,62)70-9-17-24(57)25(58)35(74-17)53-13-45-21-30(53)46-37(40)48-32(21)59/h11-18,23-27,34-36,56-58H,5-10H2,1-4H3,(H11-,39,40,41,42,43,46,47,48,49,59,60,61,62,63,64,65,66,67,68)/t15-,16-,17-,18?,23-,24-,25-,26-,27-,34?,35-,36-/m1/s1. The second-order valence-corrected chi connectivity index (χ2v) is 25.0. The largest absolute Gasteiger partial charge is 0.778 e. The number of hydrogen-bond acceptors (Lipinski definition) is 29.